The molecular weight excluding hydrogens is 340 g/mol. The third-order valence-corrected chi connectivity index (χ3v) is 4.04. The van der Waals surface area contributed by atoms with Crippen molar-refractivity contribution in [2.45, 2.75) is 12.5 Å². The Morgan fingerprint density at radius 3 is 2.70 bits per heavy atom. The summed E-state index contributed by atoms with van der Waals surface area (Å²) in [6, 6.07) is 13.2. The Morgan fingerprint density at radius 1 is 1.20 bits per heavy atom. The summed E-state index contributed by atoms with van der Waals surface area (Å²) in [5, 5.41) is 15.0. The molecule has 20 heavy (non-hydrogen) atoms. The molecule has 1 aliphatic heterocycles. The van der Waals surface area contributed by atoms with Gasteiger partial charge in [0.2, 0.25) is 0 Å². The lowest BCUT2D eigenvalue weighted by Gasteiger charge is -2.10. The van der Waals surface area contributed by atoms with E-state index in [9.17, 15) is 5.11 Å². The van der Waals surface area contributed by atoms with Crippen LogP contribution in [-0.4, -0.2) is 10.8 Å². The number of halogens is 2. The SMILES string of the molecule is Oc1ccc(Br)cc1C1=NN[C@@H](c2ccc(Cl)cc2)C1. The summed E-state index contributed by atoms with van der Waals surface area (Å²) in [5.41, 5.74) is 5.84. The molecule has 2 N–H and O–H groups in total. The smallest absolute Gasteiger partial charge is 0.124 e. The number of benzene rings is 2. The second kappa shape index (κ2) is 5.46. The fraction of sp³-hybridized carbons (Fsp3) is 0.133. The molecule has 102 valence electrons. The minimum absolute atomic E-state index is 0.112. The van der Waals surface area contributed by atoms with Gasteiger partial charge in [0, 0.05) is 21.5 Å². The van der Waals surface area contributed by atoms with Crippen LogP contribution in [0, 0.1) is 0 Å². The average Bonchev–Trinajstić information content (AvgIpc) is 2.92. The second-order valence-electron chi connectivity index (χ2n) is 4.66. The number of hydrogen-bond donors (Lipinski definition) is 2. The van der Waals surface area contributed by atoms with Crippen molar-refractivity contribution in [1.82, 2.24) is 5.43 Å². The predicted octanol–water partition coefficient (Wildman–Crippen LogP) is 4.25. The molecule has 0 fully saturated rings. The molecule has 1 heterocycles. The molecule has 0 radical (unpaired) electrons. The van der Waals surface area contributed by atoms with E-state index in [1.54, 1.807) is 12.1 Å². The number of hydrogen-bond acceptors (Lipinski definition) is 3. The number of hydrazone groups is 1. The first-order chi connectivity index (χ1) is 9.63. The zero-order chi connectivity index (χ0) is 14.1. The Labute approximate surface area is 130 Å². The van der Waals surface area contributed by atoms with E-state index in [1.165, 1.54) is 0 Å². The molecule has 3 nitrogen and oxygen atoms in total. The van der Waals surface area contributed by atoms with Gasteiger partial charge in [-0.3, -0.25) is 0 Å². The lowest BCUT2D eigenvalue weighted by molar-refractivity contribution is 0.474. The van der Waals surface area contributed by atoms with Gasteiger partial charge in [0.25, 0.3) is 0 Å². The first-order valence-electron chi connectivity index (χ1n) is 6.20. The van der Waals surface area contributed by atoms with Gasteiger partial charge in [-0.05, 0) is 35.9 Å². The first-order valence-corrected chi connectivity index (χ1v) is 7.37. The maximum absolute atomic E-state index is 9.94. The first kappa shape index (κ1) is 13.5. The number of phenols is 1. The molecule has 0 saturated carbocycles. The molecule has 3 rings (SSSR count). The Morgan fingerprint density at radius 2 is 1.95 bits per heavy atom. The third kappa shape index (κ3) is 2.67. The quantitative estimate of drug-likeness (QED) is 0.849. The molecule has 0 saturated heterocycles. The van der Waals surface area contributed by atoms with E-state index in [0.717, 1.165) is 32.8 Å². The van der Waals surface area contributed by atoms with Crippen LogP contribution >= 0.6 is 27.5 Å². The summed E-state index contributed by atoms with van der Waals surface area (Å²) in [7, 11) is 0. The molecule has 0 aliphatic carbocycles. The average molecular weight is 352 g/mol. The maximum Gasteiger partial charge on any atom is 0.124 e. The van der Waals surface area contributed by atoms with Crippen LogP contribution < -0.4 is 5.43 Å². The number of nitrogens with zero attached hydrogens (tertiary/aromatic N) is 1. The normalized spacial score (nSPS) is 17.7. The second-order valence-corrected chi connectivity index (χ2v) is 6.01. The number of aromatic hydroxyl groups is 1. The zero-order valence-corrected chi connectivity index (χ0v) is 12.8. The van der Waals surface area contributed by atoms with Crippen molar-refractivity contribution in [2.24, 2.45) is 5.10 Å². The summed E-state index contributed by atoms with van der Waals surface area (Å²) in [6.45, 7) is 0. The van der Waals surface area contributed by atoms with Crippen LogP contribution in [0.25, 0.3) is 0 Å². The number of nitrogens with one attached hydrogen (secondary N) is 1. The summed E-state index contributed by atoms with van der Waals surface area (Å²) in [5.74, 6) is 0.241. The minimum atomic E-state index is 0.112. The van der Waals surface area contributed by atoms with Gasteiger partial charge in [0.1, 0.15) is 5.75 Å². The molecule has 0 aromatic heterocycles. The highest BCUT2D eigenvalue weighted by atomic mass is 79.9. The zero-order valence-electron chi connectivity index (χ0n) is 10.5. The van der Waals surface area contributed by atoms with Crippen molar-refractivity contribution in [3.05, 3.63) is 63.1 Å². The van der Waals surface area contributed by atoms with Crippen molar-refractivity contribution in [3.63, 3.8) is 0 Å². The monoisotopic (exact) mass is 350 g/mol. The highest BCUT2D eigenvalue weighted by Crippen LogP contribution is 2.30. The Kier molecular flexibility index (Phi) is 3.68. The van der Waals surface area contributed by atoms with Gasteiger partial charge >= 0.3 is 0 Å². The van der Waals surface area contributed by atoms with E-state index in [4.69, 9.17) is 11.6 Å². The van der Waals surface area contributed by atoms with Crippen LogP contribution in [-0.2, 0) is 0 Å². The molecule has 0 amide bonds. The topological polar surface area (TPSA) is 44.6 Å². The van der Waals surface area contributed by atoms with E-state index >= 15 is 0 Å². The Bertz CT molecular complexity index is 670. The van der Waals surface area contributed by atoms with Crippen LogP contribution in [0.3, 0.4) is 0 Å². The fourth-order valence-electron chi connectivity index (χ4n) is 2.24. The maximum atomic E-state index is 9.94. The molecule has 0 unspecified atom stereocenters. The van der Waals surface area contributed by atoms with Gasteiger partial charge in [0.05, 0.1) is 11.8 Å². The lowest BCUT2D eigenvalue weighted by atomic mass is 9.99. The Hall–Kier alpha value is -1.52. The van der Waals surface area contributed by atoms with Crippen molar-refractivity contribution in [1.29, 1.82) is 0 Å². The molecule has 1 aliphatic rings. The third-order valence-electron chi connectivity index (χ3n) is 3.29. The van der Waals surface area contributed by atoms with Gasteiger partial charge < -0.3 is 10.5 Å². The molecule has 0 bridgehead atoms. The van der Waals surface area contributed by atoms with E-state index < -0.39 is 0 Å². The van der Waals surface area contributed by atoms with Crippen LogP contribution in [0.5, 0.6) is 5.75 Å². The minimum Gasteiger partial charge on any atom is -0.507 e. The molecule has 0 spiro atoms. The van der Waals surface area contributed by atoms with Gasteiger partial charge in [-0.1, -0.05) is 39.7 Å². The number of rotatable bonds is 2. The summed E-state index contributed by atoms with van der Waals surface area (Å²) < 4.78 is 0.919. The van der Waals surface area contributed by atoms with Crippen LogP contribution in [0.15, 0.2) is 52.0 Å². The highest BCUT2D eigenvalue weighted by molar-refractivity contribution is 9.10. The standard InChI is InChI=1S/C15H12BrClN2O/c16-10-3-6-15(20)12(7-10)14-8-13(18-19-14)9-1-4-11(17)5-2-9/h1-7,13,18,20H,8H2/t13-/m1/s1. The fourth-order valence-corrected chi connectivity index (χ4v) is 2.72. The van der Waals surface area contributed by atoms with Crippen molar-refractivity contribution in [2.75, 3.05) is 0 Å². The molecular formula is C15H12BrClN2O. The Balaban J connectivity index is 1.82. The van der Waals surface area contributed by atoms with Gasteiger partial charge in [0.15, 0.2) is 0 Å². The van der Waals surface area contributed by atoms with E-state index in [2.05, 4.69) is 26.5 Å². The van der Waals surface area contributed by atoms with Gasteiger partial charge in [-0.2, -0.15) is 5.10 Å². The van der Waals surface area contributed by atoms with Crippen LogP contribution in [0.1, 0.15) is 23.6 Å². The molecule has 1 atom stereocenters. The summed E-state index contributed by atoms with van der Waals surface area (Å²) >= 11 is 9.30. The highest BCUT2D eigenvalue weighted by Gasteiger charge is 2.23. The van der Waals surface area contributed by atoms with E-state index in [1.807, 2.05) is 30.3 Å². The van der Waals surface area contributed by atoms with Gasteiger partial charge in [-0.15, -0.1) is 0 Å². The lowest BCUT2D eigenvalue weighted by Crippen LogP contribution is -2.09. The van der Waals surface area contributed by atoms with Gasteiger partial charge in [-0.25, -0.2) is 0 Å². The van der Waals surface area contributed by atoms with E-state index in [-0.39, 0.29) is 11.8 Å². The van der Waals surface area contributed by atoms with Crippen molar-refractivity contribution < 1.29 is 5.11 Å². The van der Waals surface area contributed by atoms with Crippen molar-refractivity contribution in [3.8, 4) is 5.75 Å². The summed E-state index contributed by atoms with van der Waals surface area (Å²) in [4.78, 5) is 0. The largest absolute Gasteiger partial charge is 0.507 e. The molecule has 2 aromatic carbocycles. The van der Waals surface area contributed by atoms with Crippen LogP contribution in [0.2, 0.25) is 5.02 Å². The summed E-state index contributed by atoms with van der Waals surface area (Å²) in [6.07, 6.45) is 0.728. The number of phenolic OH excluding ortho intramolecular Hbond substituents is 1. The predicted molar refractivity (Wildman–Crippen MR) is 84.3 cm³/mol. The molecule has 2 aromatic rings. The van der Waals surface area contributed by atoms with E-state index in [0.29, 0.717) is 0 Å². The van der Waals surface area contributed by atoms with Crippen LogP contribution in [0.4, 0.5) is 0 Å². The molecule has 5 heteroatoms. The van der Waals surface area contributed by atoms with Crippen molar-refractivity contribution >= 4 is 33.2 Å².